The van der Waals surface area contributed by atoms with Crippen LogP contribution >= 0.6 is 0 Å². The number of nitrogens with two attached hydrogens (primary N) is 1. The van der Waals surface area contributed by atoms with Crippen LogP contribution in [0.3, 0.4) is 0 Å². The third-order valence-electron chi connectivity index (χ3n) is 7.33. The van der Waals surface area contributed by atoms with E-state index in [1.807, 2.05) is 31.2 Å². The zero-order valence-corrected chi connectivity index (χ0v) is 22.2. The van der Waals surface area contributed by atoms with Gasteiger partial charge in [-0.3, -0.25) is 19.2 Å². The number of likely N-dealkylation sites (tertiary alicyclic amines) is 1. The number of nitrogens with zero attached hydrogens (tertiary/aromatic N) is 1. The van der Waals surface area contributed by atoms with E-state index < -0.39 is 53.8 Å². The number of H-pyrrole nitrogens is 1. The van der Waals surface area contributed by atoms with E-state index in [0.29, 0.717) is 19.3 Å². The summed E-state index contributed by atoms with van der Waals surface area (Å²) >= 11 is 0. The number of carboxylic acids is 2. The van der Waals surface area contributed by atoms with Crippen LogP contribution in [-0.4, -0.2) is 80.5 Å². The molecule has 0 bridgehead atoms. The zero-order valence-electron chi connectivity index (χ0n) is 22.2. The Labute approximate surface area is 226 Å². The molecule has 0 spiro atoms. The van der Waals surface area contributed by atoms with Gasteiger partial charge in [-0.2, -0.15) is 0 Å². The number of aliphatic carboxylic acids is 2. The van der Waals surface area contributed by atoms with Crippen LogP contribution in [0.25, 0.3) is 10.9 Å². The zero-order chi connectivity index (χ0) is 28.7. The number of aromatic amines is 1. The number of carbonyl (C=O) groups is 5. The molecule has 7 N–H and O–H groups in total. The summed E-state index contributed by atoms with van der Waals surface area (Å²) in [6, 6.07) is 3.30. The summed E-state index contributed by atoms with van der Waals surface area (Å²) in [5.41, 5.74) is 7.53. The van der Waals surface area contributed by atoms with Crippen LogP contribution in [0.5, 0.6) is 0 Å². The lowest BCUT2D eigenvalue weighted by Crippen LogP contribution is -2.57. The van der Waals surface area contributed by atoms with Crippen molar-refractivity contribution in [2.45, 2.75) is 76.5 Å². The Morgan fingerprint density at radius 3 is 2.54 bits per heavy atom. The molecule has 212 valence electrons. The van der Waals surface area contributed by atoms with Crippen LogP contribution in [0.2, 0.25) is 0 Å². The third kappa shape index (κ3) is 7.34. The molecular formula is C27H37N5O7. The highest BCUT2D eigenvalue weighted by Crippen LogP contribution is 2.23. The molecule has 12 heteroatoms. The fourth-order valence-corrected chi connectivity index (χ4v) is 4.85. The molecule has 39 heavy (non-hydrogen) atoms. The van der Waals surface area contributed by atoms with E-state index >= 15 is 0 Å². The summed E-state index contributed by atoms with van der Waals surface area (Å²) < 4.78 is 0. The smallest absolute Gasteiger partial charge is 0.326 e. The highest BCUT2D eigenvalue weighted by molar-refractivity contribution is 5.95. The predicted octanol–water partition coefficient (Wildman–Crippen LogP) is 0.994. The first-order valence-corrected chi connectivity index (χ1v) is 13.2. The number of aromatic nitrogens is 1. The number of amides is 3. The fraction of sp³-hybridized carbons (Fsp3) is 0.519. The maximum Gasteiger partial charge on any atom is 0.326 e. The lowest BCUT2D eigenvalue weighted by molar-refractivity contribution is -0.146. The summed E-state index contributed by atoms with van der Waals surface area (Å²) in [5, 5.41) is 24.7. The number of carbonyl (C=O) groups excluding carboxylic acids is 3. The van der Waals surface area contributed by atoms with Gasteiger partial charge in [0, 0.05) is 36.5 Å². The van der Waals surface area contributed by atoms with Gasteiger partial charge >= 0.3 is 11.9 Å². The number of fused-ring (bicyclic) bond motifs is 1. The van der Waals surface area contributed by atoms with Crippen LogP contribution in [0.15, 0.2) is 30.5 Å². The first-order valence-electron chi connectivity index (χ1n) is 13.2. The molecule has 3 rings (SSSR count). The van der Waals surface area contributed by atoms with Crippen molar-refractivity contribution in [3.63, 3.8) is 0 Å². The average Bonchev–Trinajstić information content (AvgIpc) is 3.56. The SMILES string of the molecule is CCC(C)C(NC(=O)C1CCCN1C(=O)C(Cc1c[nH]c2ccccc12)NC(=O)C(N)CCC(=O)O)C(=O)O. The van der Waals surface area contributed by atoms with Crippen LogP contribution in [0, 0.1) is 5.92 Å². The molecule has 0 saturated carbocycles. The topological polar surface area (TPSA) is 195 Å². The molecule has 0 radical (unpaired) electrons. The number of para-hydroxylation sites is 1. The minimum Gasteiger partial charge on any atom is -0.481 e. The lowest BCUT2D eigenvalue weighted by Gasteiger charge is -2.30. The molecule has 1 aromatic heterocycles. The van der Waals surface area contributed by atoms with E-state index in [-0.39, 0.29) is 31.7 Å². The number of rotatable bonds is 13. The van der Waals surface area contributed by atoms with Gasteiger partial charge in [0.05, 0.1) is 6.04 Å². The number of hydrogen-bond donors (Lipinski definition) is 6. The van der Waals surface area contributed by atoms with E-state index in [9.17, 15) is 29.1 Å². The Bertz CT molecular complexity index is 1210. The Morgan fingerprint density at radius 1 is 1.15 bits per heavy atom. The van der Waals surface area contributed by atoms with Crippen molar-refractivity contribution < 1.29 is 34.2 Å². The van der Waals surface area contributed by atoms with Gasteiger partial charge in [0.1, 0.15) is 18.1 Å². The van der Waals surface area contributed by atoms with Crippen molar-refractivity contribution >= 4 is 40.6 Å². The Hall–Kier alpha value is -3.93. The minimum atomic E-state index is -1.15. The third-order valence-corrected chi connectivity index (χ3v) is 7.33. The van der Waals surface area contributed by atoms with Gasteiger partial charge in [0.15, 0.2) is 0 Å². The second-order valence-corrected chi connectivity index (χ2v) is 10.1. The van der Waals surface area contributed by atoms with Crippen molar-refractivity contribution in [2.75, 3.05) is 6.54 Å². The highest BCUT2D eigenvalue weighted by Gasteiger charge is 2.40. The van der Waals surface area contributed by atoms with E-state index in [1.165, 1.54) is 4.90 Å². The quantitative estimate of drug-likeness (QED) is 0.215. The molecule has 1 fully saturated rings. The van der Waals surface area contributed by atoms with Crippen LogP contribution in [-0.2, 0) is 30.4 Å². The van der Waals surface area contributed by atoms with Gasteiger partial charge in [-0.15, -0.1) is 0 Å². The average molecular weight is 544 g/mol. The van der Waals surface area contributed by atoms with Gasteiger partial charge in [-0.25, -0.2) is 4.79 Å². The number of benzene rings is 1. The molecule has 5 unspecified atom stereocenters. The molecule has 1 aliphatic heterocycles. The summed E-state index contributed by atoms with van der Waals surface area (Å²) in [6.45, 7) is 3.83. The molecule has 3 amide bonds. The Morgan fingerprint density at radius 2 is 1.87 bits per heavy atom. The molecule has 0 aliphatic carbocycles. The molecule has 12 nitrogen and oxygen atoms in total. The van der Waals surface area contributed by atoms with Crippen molar-refractivity contribution in [2.24, 2.45) is 11.7 Å². The summed E-state index contributed by atoms with van der Waals surface area (Å²) in [7, 11) is 0. The Balaban J connectivity index is 1.83. The van der Waals surface area contributed by atoms with E-state index in [0.717, 1.165) is 16.5 Å². The molecule has 2 aromatic rings. The number of carboxylic acid groups (broad SMARTS) is 2. The van der Waals surface area contributed by atoms with Gasteiger partial charge in [0.2, 0.25) is 17.7 Å². The second-order valence-electron chi connectivity index (χ2n) is 10.1. The van der Waals surface area contributed by atoms with Crippen molar-refractivity contribution in [3.8, 4) is 0 Å². The van der Waals surface area contributed by atoms with Crippen LogP contribution < -0.4 is 16.4 Å². The first kappa shape index (κ1) is 29.6. The lowest BCUT2D eigenvalue weighted by atomic mass is 9.98. The van der Waals surface area contributed by atoms with Crippen molar-refractivity contribution in [1.29, 1.82) is 0 Å². The summed E-state index contributed by atoms with van der Waals surface area (Å²) in [4.78, 5) is 67.0. The highest BCUT2D eigenvalue weighted by atomic mass is 16.4. The molecular weight excluding hydrogens is 506 g/mol. The maximum absolute atomic E-state index is 13.8. The summed E-state index contributed by atoms with van der Waals surface area (Å²) in [6.07, 6.45) is 2.90. The Kier molecular flexibility index (Phi) is 10.0. The fourth-order valence-electron chi connectivity index (χ4n) is 4.85. The van der Waals surface area contributed by atoms with Gasteiger partial charge < -0.3 is 36.5 Å². The molecule has 2 heterocycles. The maximum atomic E-state index is 13.8. The number of nitrogens with one attached hydrogen (secondary N) is 3. The van der Waals surface area contributed by atoms with Crippen molar-refractivity contribution in [3.05, 3.63) is 36.0 Å². The minimum absolute atomic E-state index is 0.101. The van der Waals surface area contributed by atoms with Crippen molar-refractivity contribution in [1.82, 2.24) is 20.5 Å². The van der Waals surface area contributed by atoms with E-state index in [2.05, 4.69) is 15.6 Å². The first-order chi connectivity index (χ1) is 18.5. The van der Waals surface area contributed by atoms with E-state index in [4.69, 9.17) is 10.8 Å². The molecule has 1 saturated heterocycles. The summed E-state index contributed by atoms with van der Waals surface area (Å²) in [5.74, 6) is -4.26. The normalized spacial score (nSPS) is 18.2. The van der Waals surface area contributed by atoms with Gasteiger partial charge in [0.25, 0.3) is 0 Å². The second kappa shape index (κ2) is 13.2. The molecule has 5 atom stereocenters. The molecule has 1 aromatic carbocycles. The molecule has 1 aliphatic rings. The number of hydrogen-bond acceptors (Lipinski definition) is 6. The van der Waals surface area contributed by atoms with Crippen LogP contribution in [0.1, 0.15) is 51.5 Å². The monoisotopic (exact) mass is 543 g/mol. The van der Waals surface area contributed by atoms with Gasteiger partial charge in [-0.05, 0) is 36.8 Å². The largest absolute Gasteiger partial charge is 0.481 e. The predicted molar refractivity (Wildman–Crippen MR) is 143 cm³/mol. The van der Waals surface area contributed by atoms with E-state index in [1.54, 1.807) is 13.1 Å². The van der Waals surface area contributed by atoms with Gasteiger partial charge in [-0.1, -0.05) is 38.5 Å². The standard InChI is InChI=1S/C27H37N5O7/c1-3-15(2)23(27(38)39)31-25(36)21-9-6-12-32(21)26(37)20(30-24(35)18(28)10-11-22(33)34)13-16-14-29-19-8-5-4-7-17(16)19/h4-5,7-8,14-15,18,20-21,23,29H,3,6,9-13,28H2,1-2H3,(H,30,35)(H,31,36)(H,33,34)(H,38,39). The van der Waals surface area contributed by atoms with Crippen LogP contribution in [0.4, 0.5) is 0 Å².